The van der Waals surface area contributed by atoms with Crippen molar-refractivity contribution in [1.82, 2.24) is 0 Å². The molecule has 0 N–H and O–H groups in total. The summed E-state index contributed by atoms with van der Waals surface area (Å²) in [4.78, 5) is 9.81. The van der Waals surface area contributed by atoms with Crippen LogP contribution >= 0.6 is 31.9 Å². The van der Waals surface area contributed by atoms with Gasteiger partial charge in [-0.25, -0.2) is 0 Å². The quantitative estimate of drug-likeness (QED) is 0.262. The van der Waals surface area contributed by atoms with Crippen molar-refractivity contribution in [3.63, 3.8) is 0 Å². The van der Waals surface area contributed by atoms with Gasteiger partial charge in [-0.1, -0.05) is 6.58 Å². The summed E-state index contributed by atoms with van der Waals surface area (Å²) >= 11 is 5.72. The van der Waals surface area contributed by atoms with Crippen molar-refractivity contribution in [2.24, 2.45) is 0 Å². The number of ether oxygens (including phenoxy) is 1. The molecule has 0 bridgehead atoms. The molecule has 0 aromatic carbocycles. The number of nitrogens with zero attached hydrogens (tertiary/aromatic N) is 1. The molecular formula is C5H7Br2NO3. The van der Waals surface area contributed by atoms with Crippen LogP contribution in [0.2, 0.25) is 0 Å². The van der Waals surface area contributed by atoms with Gasteiger partial charge in [0.15, 0.2) is 6.10 Å². The van der Waals surface area contributed by atoms with Crippen LogP contribution in [-0.4, -0.2) is 14.4 Å². The monoisotopic (exact) mass is 287 g/mol. The molecule has 0 heterocycles. The number of rotatable bonds is 4. The standard InChI is InChI=1S/C5H7Br2NO3/c1-3-11-4(2)5(6,7)8(9)10/h3-4H,1H2,2H3. The van der Waals surface area contributed by atoms with Crippen molar-refractivity contribution in [2.75, 3.05) is 0 Å². The third-order valence-electron chi connectivity index (χ3n) is 1.03. The second-order valence-corrected chi connectivity index (χ2v) is 5.27. The molecule has 1 unspecified atom stereocenters. The van der Waals surface area contributed by atoms with Gasteiger partial charge >= 0.3 is 3.36 Å². The summed E-state index contributed by atoms with van der Waals surface area (Å²) in [5, 5.41) is 10.3. The van der Waals surface area contributed by atoms with Crippen LogP contribution in [0, 0.1) is 10.1 Å². The van der Waals surface area contributed by atoms with Crippen LogP contribution in [0.4, 0.5) is 0 Å². The molecule has 0 spiro atoms. The fraction of sp³-hybridized carbons (Fsp3) is 0.600. The molecule has 0 fully saturated rings. The molecule has 6 heteroatoms. The average molecular weight is 289 g/mol. The summed E-state index contributed by atoms with van der Waals surface area (Å²) in [7, 11) is 0. The van der Waals surface area contributed by atoms with Gasteiger partial charge in [0.1, 0.15) is 0 Å². The Labute approximate surface area is 81.0 Å². The van der Waals surface area contributed by atoms with E-state index in [-0.39, 0.29) is 0 Å². The molecule has 0 saturated heterocycles. The molecule has 0 aromatic heterocycles. The van der Waals surface area contributed by atoms with Gasteiger partial charge in [-0.3, -0.25) is 10.1 Å². The molecule has 0 rings (SSSR count). The molecule has 64 valence electrons. The Morgan fingerprint density at radius 3 is 2.55 bits per heavy atom. The predicted molar refractivity (Wildman–Crippen MR) is 48.3 cm³/mol. The van der Waals surface area contributed by atoms with Gasteiger partial charge in [0.2, 0.25) is 0 Å². The van der Waals surface area contributed by atoms with Crippen molar-refractivity contribution in [3.8, 4) is 0 Å². The van der Waals surface area contributed by atoms with E-state index in [1.165, 1.54) is 0 Å². The van der Waals surface area contributed by atoms with E-state index in [4.69, 9.17) is 4.74 Å². The van der Waals surface area contributed by atoms with Crippen molar-refractivity contribution in [3.05, 3.63) is 23.0 Å². The summed E-state index contributed by atoms with van der Waals surface area (Å²) in [5.74, 6) is 0. The summed E-state index contributed by atoms with van der Waals surface area (Å²) in [6.45, 7) is 4.84. The average Bonchev–Trinajstić information content (AvgIpc) is 1.88. The van der Waals surface area contributed by atoms with Gasteiger partial charge in [0.25, 0.3) is 0 Å². The number of halogens is 2. The van der Waals surface area contributed by atoms with E-state index in [2.05, 4.69) is 38.4 Å². The third-order valence-corrected chi connectivity index (χ3v) is 2.90. The first kappa shape index (κ1) is 10.9. The SMILES string of the molecule is C=COC(C)C(Br)(Br)[N+](=O)[O-]. The minimum Gasteiger partial charge on any atom is -0.489 e. The molecule has 0 aliphatic carbocycles. The van der Waals surface area contributed by atoms with Crippen molar-refractivity contribution < 1.29 is 9.66 Å². The van der Waals surface area contributed by atoms with Gasteiger partial charge in [-0.2, -0.15) is 0 Å². The highest BCUT2D eigenvalue weighted by Gasteiger charge is 2.44. The van der Waals surface area contributed by atoms with Crippen LogP contribution in [0.25, 0.3) is 0 Å². The van der Waals surface area contributed by atoms with Gasteiger partial charge in [0, 0.05) is 31.9 Å². The Hall–Kier alpha value is -0.100. The molecule has 0 radical (unpaired) electrons. The molecule has 0 saturated carbocycles. The zero-order chi connectivity index (χ0) is 9.07. The van der Waals surface area contributed by atoms with E-state index in [9.17, 15) is 10.1 Å². The summed E-state index contributed by atoms with van der Waals surface area (Å²) in [6, 6.07) is 0. The van der Waals surface area contributed by atoms with Crippen LogP contribution in [0.1, 0.15) is 6.92 Å². The van der Waals surface area contributed by atoms with Crippen molar-refractivity contribution >= 4 is 31.9 Å². The second kappa shape index (κ2) is 4.06. The minimum absolute atomic E-state index is 0.527. The Kier molecular flexibility index (Phi) is 4.02. The molecule has 0 amide bonds. The van der Waals surface area contributed by atoms with Crippen LogP contribution in [0.3, 0.4) is 0 Å². The lowest BCUT2D eigenvalue weighted by molar-refractivity contribution is -0.514. The van der Waals surface area contributed by atoms with Crippen LogP contribution in [-0.2, 0) is 4.74 Å². The van der Waals surface area contributed by atoms with E-state index in [1.54, 1.807) is 6.92 Å². The number of nitro groups is 1. The summed E-state index contributed by atoms with van der Waals surface area (Å²) in [5.41, 5.74) is 0. The van der Waals surface area contributed by atoms with Crippen LogP contribution in [0.5, 0.6) is 0 Å². The smallest absolute Gasteiger partial charge is 0.362 e. The first-order chi connectivity index (χ1) is 4.92. The van der Waals surface area contributed by atoms with Crippen molar-refractivity contribution in [1.29, 1.82) is 0 Å². The second-order valence-electron chi connectivity index (χ2n) is 1.79. The van der Waals surface area contributed by atoms with Crippen LogP contribution in [0.15, 0.2) is 12.8 Å². The van der Waals surface area contributed by atoms with Crippen molar-refractivity contribution in [2.45, 2.75) is 16.4 Å². The lowest BCUT2D eigenvalue weighted by atomic mass is 10.4. The van der Waals surface area contributed by atoms with Gasteiger partial charge in [0.05, 0.1) is 11.2 Å². The Morgan fingerprint density at radius 2 is 2.27 bits per heavy atom. The maximum absolute atomic E-state index is 10.3. The fourth-order valence-corrected chi connectivity index (χ4v) is 0.590. The number of hydrogen-bond donors (Lipinski definition) is 0. The highest BCUT2D eigenvalue weighted by atomic mass is 79.9. The Bertz CT molecular complexity index is 171. The van der Waals surface area contributed by atoms with Gasteiger partial charge in [-0.05, 0) is 6.92 Å². The molecule has 4 nitrogen and oxygen atoms in total. The topological polar surface area (TPSA) is 52.4 Å². The van der Waals surface area contributed by atoms with Gasteiger partial charge < -0.3 is 4.74 Å². The predicted octanol–water partition coefficient (Wildman–Crippen LogP) is 2.26. The largest absolute Gasteiger partial charge is 0.489 e. The molecule has 1 atom stereocenters. The molecular weight excluding hydrogens is 282 g/mol. The minimum atomic E-state index is -1.44. The normalized spacial score (nSPS) is 13.7. The zero-order valence-corrected chi connectivity index (χ0v) is 8.96. The maximum atomic E-state index is 10.3. The Morgan fingerprint density at radius 1 is 1.82 bits per heavy atom. The summed E-state index contributed by atoms with van der Waals surface area (Å²) in [6.07, 6.45) is 0.529. The lowest BCUT2D eigenvalue weighted by Gasteiger charge is -2.18. The van der Waals surface area contributed by atoms with E-state index >= 15 is 0 Å². The highest BCUT2D eigenvalue weighted by molar-refractivity contribution is 9.25. The maximum Gasteiger partial charge on any atom is 0.362 e. The number of alkyl halides is 2. The highest BCUT2D eigenvalue weighted by Crippen LogP contribution is 2.32. The molecule has 0 aliphatic heterocycles. The van der Waals surface area contributed by atoms with Crippen LogP contribution < -0.4 is 0 Å². The first-order valence-electron chi connectivity index (χ1n) is 2.71. The number of hydrogen-bond acceptors (Lipinski definition) is 3. The lowest BCUT2D eigenvalue weighted by Crippen LogP contribution is -2.36. The molecule has 0 aliphatic rings. The molecule has 0 aromatic rings. The zero-order valence-electron chi connectivity index (χ0n) is 5.79. The van der Waals surface area contributed by atoms with Gasteiger partial charge in [-0.15, -0.1) is 0 Å². The van der Waals surface area contributed by atoms with E-state index in [1.807, 2.05) is 0 Å². The first-order valence-corrected chi connectivity index (χ1v) is 4.30. The Balaban J connectivity index is 4.28. The molecule has 11 heavy (non-hydrogen) atoms. The third kappa shape index (κ3) is 2.78. The fourth-order valence-electron chi connectivity index (χ4n) is 0.375. The van der Waals surface area contributed by atoms with E-state index in [0.29, 0.717) is 0 Å². The van der Waals surface area contributed by atoms with E-state index in [0.717, 1.165) is 6.26 Å². The summed E-state index contributed by atoms with van der Waals surface area (Å²) < 4.78 is 3.36. The van der Waals surface area contributed by atoms with E-state index < -0.39 is 14.4 Å².